The predicted molar refractivity (Wildman–Crippen MR) is 138 cm³/mol. The fourth-order valence-corrected chi connectivity index (χ4v) is 5.34. The SMILES string of the molecule is CC1[C@@H](C)Cc2c(ccc(-c3cnn(C4CCNCC4)c3)c2Oc2ccc(Cl)cc2C#N)N1C(=O)O. The van der Waals surface area contributed by atoms with Crippen LogP contribution < -0.4 is 15.0 Å². The van der Waals surface area contributed by atoms with Crippen LogP contribution in [0.3, 0.4) is 0 Å². The Bertz CT molecular complexity index is 1340. The highest BCUT2D eigenvalue weighted by Gasteiger charge is 2.36. The molecule has 5 rings (SSSR count). The fraction of sp³-hybridized carbons (Fsp3) is 0.370. The molecule has 186 valence electrons. The van der Waals surface area contributed by atoms with Crippen LogP contribution in [0.4, 0.5) is 10.5 Å². The van der Waals surface area contributed by atoms with Crippen LogP contribution in [0.25, 0.3) is 11.1 Å². The fourth-order valence-electron chi connectivity index (χ4n) is 5.16. The molecule has 0 saturated carbocycles. The maximum atomic E-state index is 12.2. The first kappa shape index (κ1) is 24.2. The molecule has 1 fully saturated rings. The zero-order valence-corrected chi connectivity index (χ0v) is 21.0. The number of benzene rings is 2. The van der Waals surface area contributed by atoms with Gasteiger partial charge in [0.2, 0.25) is 0 Å². The van der Waals surface area contributed by atoms with E-state index in [0.717, 1.165) is 42.6 Å². The van der Waals surface area contributed by atoms with E-state index in [9.17, 15) is 15.2 Å². The number of hydrogen-bond acceptors (Lipinski definition) is 5. The van der Waals surface area contributed by atoms with E-state index in [0.29, 0.717) is 40.2 Å². The largest absolute Gasteiger partial charge is 0.465 e. The highest BCUT2D eigenvalue weighted by molar-refractivity contribution is 6.30. The zero-order chi connectivity index (χ0) is 25.4. The molecule has 1 saturated heterocycles. The summed E-state index contributed by atoms with van der Waals surface area (Å²) in [4.78, 5) is 13.6. The average Bonchev–Trinajstić information content (AvgIpc) is 3.36. The molecule has 0 aliphatic carbocycles. The van der Waals surface area contributed by atoms with Gasteiger partial charge in [-0.3, -0.25) is 9.58 Å². The number of nitriles is 1. The molecule has 36 heavy (non-hydrogen) atoms. The quantitative estimate of drug-likeness (QED) is 0.460. The number of fused-ring (bicyclic) bond motifs is 1. The summed E-state index contributed by atoms with van der Waals surface area (Å²) in [6.07, 6.45) is 5.51. The van der Waals surface area contributed by atoms with Crippen molar-refractivity contribution in [2.24, 2.45) is 5.92 Å². The standard InChI is InChI=1S/C27H28ClN5O3/c1-16-11-23-24(33(17(16)2)27(34)35)5-4-22(19-14-31-32(15-19)21-7-9-30-10-8-21)26(23)36-25-6-3-20(28)12-18(25)13-29/h3-6,12,14-17,21,30H,7-11H2,1-2H3,(H,34,35)/t16-,17?/m0/s1. The Morgan fingerprint density at radius 3 is 2.75 bits per heavy atom. The summed E-state index contributed by atoms with van der Waals surface area (Å²) in [6, 6.07) is 10.9. The number of rotatable bonds is 4. The Labute approximate surface area is 215 Å². The molecule has 0 spiro atoms. The first-order valence-electron chi connectivity index (χ1n) is 12.2. The minimum atomic E-state index is -1.00. The third kappa shape index (κ3) is 4.41. The number of halogens is 1. The molecule has 1 aromatic heterocycles. The van der Waals surface area contributed by atoms with E-state index in [2.05, 4.69) is 16.5 Å². The molecule has 1 amide bonds. The second-order valence-electron chi connectivity index (χ2n) is 9.56. The van der Waals surface area contributed by atoms with Gasteiger partial charge in [0.05, 0.1) is 23.5 Å². The van der Waals surface area contributed by atoms with Crippen LogP contribution in [-0.4, -0.2) is 40.1 Å². The summed E-state index contributed by atoms with van der Waals surface area (Å²) in [6.45, 7) is 5.88. The lowest BCUT2D eigenvalue weighted by molar-refractivity contribution is 0.195. The average molecular weight is 506 g/mol. The highest BCUT2D eigenvalue weighted by Crippen LogP contribution is 2.46. The molecule has 0 radical (unpaired) electrons. The van der Waals surface area contributed by atoms with Crippen LogP contribution in [0.1, 0.15) is 43.9 Å². The number of ether oxygens (including phenoxy) is 1. The summed E-state index contributed by atoms with van der Waals surface area (Å²) in [5.74, 6) is 0.987. The number of amides is 1. The van der Waals surface area contributed by atoms with Crippen molar-refractivity contribution in [3.63, 3.8) is 0 Å². The first-order valence-corrected chi connectivity index (χ1v) is 12.6. The van der Waals surface area contributed by atoms with Crippen LogP contribution in [0.15, 0.2) is 42.7 Å². The number of hydrogen-bond donors (Lipinski definition) is 2. The molecule has 2 aliphatic heterocycles. The molecule has 2 aliphatic rings. The monoisotopic (exact) mass is 505 g/mol. The molecule has 2 N–H and O–H groups in total. The lowest BCUT2D eigenvalue weighted by atomic mass is 9.86. The zero-order valence-electron chi connectivity index (χ0n) is 20.2. The molecule has 8 nitrogen and oxygen atoms in total. The van der Waals surface area contributed by atoms with Gasteiger partial charge < -0.3 is 15.2 Å². The summed E-state index contributed by atoms with van der Waals surface area (Å²) in [7, 11) is 0. The van der Waals surface area contributed by atoms with Crippen LogP contribution in [0.5, 0.6) is 11.5 Å². The number of carboxylic acid groups (broad SMARTS) is 1. The lowest BCUT2D eigenvalue weighted by Gasteiger charge is -2.38. The van der Waals surface area contributed by atoms with Gasteiger partial charge in [-0.05, 0) is 75.5 Å². The third-order valence-electron chi connectivity index (χ3n) is 7.33. The molecular formula is C27H28ClN5O3. The van der Waals surface area contributed by atoms with Gasteiger partial charge in [-0.1, -0.05) is 18.5 Å². The summed E-state index contributed by atoms with van der Waals surface area (Å²) in [5, 5.41) is 28.2. The van der Waals surface area contributed by atoms with Crippen LogP contribution in [0, 0.1) is 17.2 Å². The number of nitrogens with zero attached hydrogens (tertiary/aromatic N) is 4. The highest BCUT2D eigenvalue weighted by atomic mass is 35.5. The van der Waals surface area contributed by atoms with Gasteiger partial charge in [0.15, 0.2) is 0 Å². The molecule has 1 unspecified atom stereocenters. The Hall–Kier alpha value is -3.54. The van der Waals surface area contributed by atoms with Gasteiger partial charge in [0.25, 0.3) is 0 Å². The van der Waals surface area contributed by atoms with Crippen molar-refractivity contribution < 1.29 is 14.6 Å². The normalized spacial score (nSPS) is 20.0. The van der Waals surface area contributed by atoms with E-state index in [4.69, 9.17) is 16.3 Å². The second kappa shape index (κ2) is 9.84. The van der Waals surface area contributed by atoms with Gasteiger partial charge in [-0.2, -0.15) is 10.4 Å². The van der Waals surface area contributed by atoms with Crippen molar-refractivity contribution in [2.45, 2.75) is 45.2 Å². The van der Waals surface area contributed by atoms with E-state index < -0.39 is 6.09 Å². The number of aromatic nitrogens is 2. The van der Waals surface area contributed by atoms with Gasteiger partial charge in [0, 0.05) is 34.0 Å². The Morgan fingerprint density at radius 1 is 1.25 bits per heavy atom. The Balaban J connectivity index is 1.65. The van der Waals surface area contributed by atoms with Gasteiger partial charge >= 0.3 is 6.09 Å². The molecule has 2 atom stereocenters. The van der Waals surface area contributed by atoms with E-state index >= 15 is 0 Å². The predicted octanol–water partition coefficient (Wildman–Crippen LogP) is 5.86. The molecule has 3 aromatic rings. The van der Waals surface area contributed by atoms with Crippen molar-refractivity contribution in [3.05, 3.63) is 58.9 Å². The van der Waals surface area contributed by atoms with Crippen LogP contribution >= 0.6 is 11.6 Å². The number of carbonyl (C=O) groups is 1. The molecule has 2 aromatic carbocycles. The summed E-state index contributed by atoms with van der Waals surface area (Å²) in [5.41, 5.74) is 3.40. The number of nitrogens with one attached hydrogen (secondary N) is 1. The minimum Gasteiger partial charge on any atom is -0.465 e. The van der Waals surface area contributed by atoms with Crippen molar-refractivity contribution in [1.82, 2.24) is 15.1 Å². The van der Waals surface area contributed by atoms with Crippen LogP contribution in [0.2, 0.25) is 5.02 Å². The van der Waals surface area contributed by atoms with Crippen LogP contribution in [-0.2, 0) is 6.42 Å². The topological polar surface area (TPSA) is 103 Å². The van der Waals surface area contributed by atoms with Crippen molar-refractivity contribution in [2.75, 3.05) is 18.0 Å². The third-order valence-corrected chi connectivity index (χ3v) is 7.56. The van der Waals surface area contributed by atoms with E-state index in [-0.39, 0.29) is 12.0 Å². The molecule has 0 bridgehead atoms. The van der Waals surface area contributed by atoms with Crippen molar-refractivity contribution in [3.8, 4) is 28.7 Å². The van der Waals surface area contributed by atoms with Gasteiger partial charge in [-0.25, -0.2) is 4.79 Å². The maximum absolute atomic E-state index is 12.2. The minimum absolute atomic E-state index is 0.0734. The molecule has 9 heteroatoms. The Morgan fingerprint density at radius 2 is 2.03 bits per heavy atom. The smallest absolute Gasteiger partial charge is 0.412 e. The van der Waals surface area contributed by atoms with Gasteiger partial charge in [0.1, 0.15) is 17.6 Å². The van der Waals surface area contributed by atoms with Gasteiger partial charge in [-0.15, -0.1) is 0 Å². The maximum Gasteiger partial charge on any atom is 0.412 e. The van der Waals surface area contributed by atoms with E-state index in [1.807, 2.05) is 43.1 Å². The van der Waals surface area contributed by atoms with E-state index in [1.54, 1.807) is 18.2 Å². The molecular weight excluding hydrogens is 478 g/mol. The number of piperidine rings is 1. The van der Waals surface area contributed by atoms with E-state index in [1.165, 1.54) is 4.90 Å². The second-order valence-corrected chi connectivity index (χ2v) is 10.00. The summed E-state index contributed by atoms with van der Waals surface area (Å²) < 4.78 is 8.47. The van der Waals surface area contributed by atoms with Crippen molar-refractivity contribution >= 4 is 23.4 Å². The number of anilines is 1. The molecule has 3 heterocycles. The first-order chi connectivity index (χ1) is 17.4. The summed E-state index contributed by atoms with van der Waals surface area (Å²) >= 11 is 6.11. The Kier molecular flexibility index (Phi) is 6.61. The lowest BCUT2D eigenvalue weighted by Crippen LogP contribution is -2.45. The van der Waals surface area contributed by atoms with Crippen molar-refractivity contribution in [1.29, 1.82) is 5.26 Å².